The zero-order valence-corrected chi connectivity index (χ0v) is 23.9. The predicted octanol–water partition coefficient (Wildman–Crippen LogP) is 9.86. The molecule has 0 radical (unpaired) electrons. The van der Waals surface area contributed by atoms with E-state index >= 15 is 0 Å². The van der Waals surface area contributed by atoms with Crippen molar-refractivity contribution in [2.75, 3.05) is 0 Å². The maximum absolute atomic E-state index is 4.77. The number of benzene rings is 3. The fourth-order valence-corrected chi connectivity index (χ4v) is 7.26. The zero-order chi connectivity index (χ0) is 25.3. The molecule has 0 amide bonds. The van der Waals surface area contributed by atoms with Gasteiger partial charge in [-0.3, -0.25) is 0 Å². The summed E-state index contributed by atoms with van der Waals surface area (Å²) >= 11 is 3.62. The Bertz CT molecular complexity index is 1230. The van der Waals surface area contributed by atoms with Crippen LogP contribution < -0.4 is 0 Å². The van der Waals surface area contributed by atoms with Crippen molar-refractivity contribution in [3.63, 3.8) is 0 Å². The summed E-state index contributed by atoms with van der Waals surface area (Å²) in [6.07, 6.45) is 2.20. The second-order valence-electron chi connectivity index (χ2n) is 12.0. The molecule has 3 heteroatoms. The lowest BCUT2D eigenvalue weighted by Crippen LogP contribution is -2.43. The minimum atomic E-state index is 0.0698. The number of aryl methyl sites for hydroxylation is 1. The van der Waals surface area contributed by atoms with Crippen molar-refractivity contribution in [3.05, 3.63) is 95.1 Å². The molecule has 4 aromatic rings. The van der Waals surface area contributed by atoms with Crippen molar-refractivity contribution in [3.8, 4) is 0 Å². The highest BCUT2D eigenvalue weighted by atomic mass is 32.2. The molecule has 1 unspecified atom stereocenters. The van der Waals surface area contributed by atoms with Gasteiger partial charge < -0.3 is 0 Å². The first-order valence-corrected chi connectivity index (χ1v) is 14.4. The molecular formula is C32H39NS2. The molecule has 1 nitrogen and oxygen atoms in total. The number of aromatic nitrogens is 1. The van der Waals surface area contributed by atoms with E-state index in [0.29, 0.717) is 0 Å². The van der Waals surface area contributed by atoms with Crippen LogP contribution >= 0.6 is 23.1 Å². The van der Waals surface area contributed by atoms with E-state index < -0.39 is 0 Å². The highest BCUT2D eigenvalue weighted by Crippen LogP contribution is 2.50. The van der Waals surface area contributed by atoms with Gasteiger partial charge in [-0.05, 0) is 64.8 Å². The van der Waals surface area contributed by atoms with Gasteiger partial charge in [-0.25, -0.2) is 4.98 Å². The van der Waals surface area contributed by atoms with Crippen molar-refractivity contribution >= 4 is 33.3 Å². The van der Waals surface area contributed by atoms with Crippen molar-refractivity contribution < 1.29 is 0 Å². The van der Waals surface area contributed by atoms with E-state index in [9.17, 15) is 0 Å². The molecule has 0 N–H and O–H groups in total. The SMILES string of the molecule is Cc1ccc(C(C)(CC(C)(C)C)C(C)(C)Cc2ccc(CSc3nc4ccccc4s3)cc2)cc1. The number of thioether (sulfide) groups is 1. The normalized spacial score (nSPS) is 14.3. The van der Waals surface area contributed by atoms with Crippen molar-refractivity contribution in [2.45, 2.75) is 76.8 Å². The third-order valence-corrected chi connectivity index (χ3v) is 9.62. The fourth-order valence-electron chi connectivity index (χ4n) is 5.23. The van der Waals surface area contributed by atoms with Crippen LogP contribution in [0.3, 0.4) is 0 Å². The largest absolute Gasteiger partial charge is 0.230 e. The van der Waals surface area contributed by atoms with Gasteiger partial charge in [-0.1, -0.05) is 120 Å². The molecule has 1 atom stereocenters. The van der Waals surface area contributed by atoms with Crippen LogP contribution in [0, 0.1) is 17.8 Å². The summed E-state index contributed by atoms with van der Waals surface area (Å²) in [5, 5.41) is 0. The topological polar surface area (TPSA) is 12.9 Å². The molecule has 0 aliphatic carbocycles. The van der Waals surface area contributed by atoms with Gasteiger partial charge in [0.15, 0.2) is 4.34 Å². The first kappa shape index (κ1) is 26.0. The van der Waals surface area contributed by atoms with Crippen LogP contribution in [0.15, 0.2) is 77.1 Å². The summed E-state index contributed by atoms with van der Waals surface area (Å²) in [4.78, 5) is 4.77. The predicted molar refractivity (Wildman–Crippen MR) is 156 cm³/mol. The molecular weight excluding hydrogens is 462 g/mol. The molecule has 1 aromatic heterocycles. The Balaban J connectivity index is 1.49. The smallest absolute Gasteiger partial charge is 0.151 e. The number of hydrogen-bond acceptors (Lipinski definition) is 3. The number of hydrogen-bond donors (Lipinski definition) is 0. The van der Waals surface area contributed by atoms with Crippen LogP contribution in [0.5, 0.6) is 0 Å². The lowest BCUT2D eigenvalue weighted by atomic mass is 9.56. The Kier molecular flexibility index (Phi) is 7.50. The molecule has 184 valence electrons. The van der Waals surface area contributed by atoms with E-state index in [1.165, 1.54) is 27.0 Å². The number of rotatable bonds is 8. The van der Waals surface area contributed by atoms with Crippen LogP contribution in [0.4, 0.5) is 0 Å². The van der Waals surface area contributed by atoms with Gasteiger partial charge in [0.2, 0.25) is 0 Å². The van der Waals surface area contributed by atoms with Crippen LogP contribution in [-0.2, 0) is 17.6 Å². The van der Waals surface area contributed by atoms with E-state index in [-0.39, 0.29) is 16.2 Å². The summed E-state index contributed by atoms with van der Waals surface area (Å²) < 4.78 is 2.41. The molecule has 0 aliphatic heterocycles. The van der Waals surface area contributed by atoms with Gasteiger partial charge in [-0.2, -0.15) is 0 Å². The summed E-state index contributed by atoms with van der Waals surface area (Å²) in [7, 11) is 0. The minimum Gasteiger partial charge on any atom is -0.230 e. The molecule has 35 heavy (non-hydrogen) atoms. The number of thiazole rings is 1. The van der Waals surface area contributed by atoms with Crippen molar-refractivity contribution in [1.82, 2.24) is 4.98 Å². The minimum absolute atomic E-state index is 0.0698. The zero-order valence-electron chi connectivity index (χ0n) is 22.3. The second-order valence-corrected chi connectivity index (χ2v) is 14.3. The maximum atomic E-state index is 4.77. The molecule has 4 rings (SSSR count). The second kappa shape index (κ2) is 10.1. The highest BCUT2D eigenvalue weighted by molar-refractivity contribution is 8.00. The molecule has 0 fully saturated rings. The highest BCUT2D eigenvalue weighted by Gasteiger charge is 2.44. The third-order valence-electron chi connectivity index (χ3n) is 7.37. The first-order valence-electron chi connectivity index (χ1n) is 12.6. The Morgan fingerprint density at radius 3 is 2.03 bits per heavy atom. The Labute approximate surface area is 220 Å². The first-order chi connectivity index (χ1) is 16.5. The summed E-state index contributed by atoms with van der Waals surface area (Å²) in [5.74, 6) is 0.953. The van der Waals surface area contributed by atoms with E-state index in [0.717, 1.165) is 28.5 Å². The van der Waals surface area contributed by atoms with Crippen LogP contribution in [0.25, 0.3) is 10.2 Å². The van der Waals surface area contributed by atoms with Gasteiger partial charge >= 0.3 is 0 Å². The Hall–Kier alpha value is -2.10. The molecule has 0 saturated carbocycles. The Morgan fingerprint density at radius 1 is 0.771 bits per heavy atom. The molecule has 0 spiro atoms. The van der Waals surface area contributed by atoms with Gasteiger partial charge in [0.05, 0.1) is 10.2 Å². The molecule has 0 aliphatic rings. The van der Waals surface area contributed by atoms with E-state index in [1.807, 2.05) is 11.8 Å². The average Bonchev–Trinajstić information content (AvgIpc) is 3.20. The van der Waals surface area contributed by atoms with Crippen LogP contribution in [0.2, 0.25) is 0 Å². The fraction of sp³-hybridized carbons (Fsp3) is 0.406. The van der Waals surface area contributed by atoms with Gasteiger partial charge in [0, 0.05) is 5.75 Å². The molecule has 3 aromatic carbocycles. The number of nitrogens with zero attached hydrogens (tertiary/aromatic N) is 1. The molecule has 0 bridgehead atoms. The summed E-state index contributed by atoms with van der Waals surface area (Å²) in [5.41, 5.74) is 7.06. The summed E-state index contributed by atoms with van der Waals surface area (Å²) in [6, 6.07) is 26.9. The average molecular weight is 502 g/mol. The maximum Gasteiger partial charge on any atom is 0.151 e. The van der Waals surface area contributed by atoms with Gasteiger partial charge in [-0.15, -0.1) is 11.3 Å². The lowest BCUT2D eigenvalue weighted by molar-refractivity contribution is 0.117. The van der Waals surface area contributed by atoms with E-state index in [1.54, 1.807) is 11.3 Å². The number of para-hydroxylation sites is 1. The van der Waals surface area contributed by atoms with Gasteiger partial charge in [0.1, 0.15) is 0 Å². The molecule has 1 heterocycles. The monoisotopic (exact) mass is 501 g/mol. The van der Waals surface area contributed by atoms with Crippen LogP contribution in [0.1, 0.15) is 70.2 Å². The summed E-state index contributed by atoms with van der Waals surface area (Å²) in [6.45, 7) is 16.7. The standard InChI is InChI=1S/C32H39NS2/c1-23-12-18-26(19-13-23)32(7,22-30(2,3)4)31(5,6)20-24-14-16-25(17-15-24)21-34-29-33-27-10-8-9-11-28(27)35-29/h8-19H,20-22H2,1-7H3. The Morgan fingerprint density at radius 2 is 1.40 bits per heavy atom. The lowest BCUT2D eigenvalue weighted by Gasteiger charge is -2.48. The van der Waals surface area contributed by atoms with Crippen molar-refractivity contribution in [1.29, 1.82) is 0 Å². The number of fused-ring (bicyclic) bond motifs is 1. The van der Waals surface area contributed by atoms with E-state index in [4.69, 9.17) is 4.98 Å². The quantitative estimate of drug-likeness (QED) is 0.223. The van der Waals surface area contributed by atoms with Crippen LogP contribution in [-0.4, -0.2) is 4.98 Å². The van der Waals surface area contributed by atoms with Crippen molar-refractivity contribution in [2.24, 2.45) is 10.8 Å². The van der Waals surface area contributed by atoms with Gasteiger partial charge in [0.25, 0.3) is 0 Å². The third kappa shape index (κ3) is 6.19. The van der Waals surface area contributed by atoms with E-state index in [2.05, 4.69) is 121 Å². The molecule has 0 saturated heterocycles.